The minimum absolute atomic E-state index is 0.932. The lowest BCUT2D eigenvalue weighted by Crippen LogP contribution is -1.93. The maximum absolute atomic E-state index is 4.70. The van der Waals surface area contributed by atoms with Crippen LogP contribution in [-0.4, -0.2) is 14.6 Å². The number of hydrogen-bond acceptors (Lipinski definition) is 3. The highest BCUT2D eigenvalue weighted by Crippen LogP contribution is 2.27. The highest BCUT2D eigenvalue weighted by atomic mass is 32.1. The molecule has 0 unspecified atom stereocenters. The molecule has 2 aromatic heterocycles. The predicted octanol–water partition coefficient (Wildman–Crippen LogP) is 3.58. The van der Waals surface area contributed by atoms with Crippen LogP contribution in [0.5, 0.6) is 0 Å². The summed E-state index contributed by atoms with van der Waals surface area (Å²) < 4.78 is 2.00. The number of aromatic nitrogens is 3. The van der Waals surface area contributed by atoms with Crippen LogP contribution in [-0.2, 0) is 12.8 Å². The molecule has 0 radical (unpaired) electrons. The summed E-state index contributed by atoms with van der Waals surface area (Å²) in [5.41, 5.74) is 3.46. The Balaban J connectivity index is 2.27. The molecule has 92 valence electrons. The summed E-state index contributed by atoms with van der Waals surface area (Å²) >= 11 is 1.68. The van der Waals surface area contributed by atoms with Gasteiger partial charge in [-0.15, -0.1) is 0 Å². The summed E-state index contributed by atoms with van der Waals surface area (Å²) in [6, 6.07) is 10.4. The smallest absolute Gasteiger partial charge is 0.212 e. The maximum atomic E-state index is 4.70. The Kier molecular flexibility index (Phi) is 2.88. The molecule has 18 heavy (non-hydrogen) atoms. The van der Waals surface area contributed by atoms with Crippen LogP contribution in [0.15, 0.2) is 30.3 Å². The van der Waals surface area contributed by atoms with Gasteiger partial charge >= 0.3 is 0 Å². The molecular weight excluding hydrogens is 242 g/mol. The second kappa shape index (κ2) is 4.53. The third kappa shape index (κ3) is 1.73. The molecular formula is C14H15N3S. The molecule has 0 N–H and O–H groups in total. The van der Waals surface area contributed by atoms with Crippen molar-refractivity contribution >= 4 is 16.3 Å². The predicted molar refractivity (Wildman–Crippen MR) is 75.1 cm³/mol. The minimum Gasteiger partial charge on any atom is -0.222 e. The number of benzene rings is 1. The lowest BCUT2D eigenvalue weighted by Gasteiger charge is -2.01. The lowest BCUT2D eigenvalue weighted by molar-refractivity contribution is 0.911. The SMILES string of the molecule is CCc1nn2c(-c3ccccc3)c(CC)nc2s1. The van der Waals surface area contributed by atoms with Crippen LogP contribution in [0.4, 0.5) is 0 Å². The van der Waals surface area contributed by atoms with Crippen molar-refractivity contribution in [3.63, 3.8) is 0 Å². The molecule has 0 atom stereocenters. The highest BCUT2D eigenvalue weighted by molar-refractivity contribution is 7.16. The van der Waals surface area contributed by atoms with Crippen molar-refractivity contribution in [1.82, 2.24) is 14.6 Å². The molecule has 0 saturated carbocycles. The molecule has 1 aromatic carbocycles. The molecule has 0 aliphatic rings. The van der Waals surface area contributed by atoms with Gasteiger partial charge < -0.3 is 0 Å². The van der Waals surface area contributed by atoms with Crippen LogP contribution < -0.4 is 0 Å². The Morgan fingerprint density at radius 3 is 2.56 bits per heavy atom. The fourth-order valence-corrected chi connectivity index (χ4v) is 2.96. The molecule has 2 heterocycles. The summed E-state index contributed by atoms with van der Waals surface area (Å²) in [6.45, 7) is 4.26. The fourth-order valence-electron chi connectivity index (χ4n) is 2.10. The molecule has 0 bridgehead atoms. The first kappa shape index (κ1) is 11.4. The van der Waals surface area contributed by atoms with Gasteiger partial charge in [0.25, 0.3) is 0 Å². The van der Waals surface area contributed by atoms with E-state index in [2.05, 4.69) is 43.2 Å². The van der Waals surface area contributed by atoms with Crippen molar-refractivity contribution in [3.8, 4) is 11.3 Å². The van der Waals surface area contributed by atoms with Crippen molar-refractivity contribution < 1.29 is 0 Å². The molecule has 0 amide bonds. The normalized spacial score (nSPS) is 11.2. The number of fused-ring (bicyclic) bond motifs is 1. The zero-order chi connectivity index (χ0) is 12.5. The monoisotopic (exact) mass is 257 g/mol. The molecule has 0 spiro atoms. The Hall–Kier alpha value is -1.68. The number of aryl methyl sites for hydroxylation is 2. The van der Waals surface area contributed by atoms with E-state index in [-0.39, 0.29) is 0 Å². The van der Waals surface area contributed by atoms with Crippen LogP contribution >= 0.6 is 11.3 Å². The summed E-state index contributed by atoms with van der Waals surface area (Å²) in [5, 5.41) is 5.79. The third-order valence-corrected chi connectivity index (χ3v) is 4.05. The maximum Gasteiger partial charge on any atom is 0.212 e. The highest BCUT2D eigenvalue weighted by Gasteiger charge is 2.16. The summed E-state index contributed by atoms with van der Waals surface area (Å²) in [7, 11) is 0. The average Bonchev–Trinajstić information content (AvgIpc) is 2.95. The number of nitrogens with zero attached hydrogens (tertiary/aromatic N) is 3. The van der Waals surface area contributed by atoms with Crippen molar-refractivity contribution in [2.75, 3.05) is 0 Å². The molecule has 3 rings (SSSR count). The Labute approximate surface area is 110 Å². The molecule has 3 nitrogen and oxygen atoms in total. The topological polar surface area (TPSA) is 30.2 Å². The van der Waals surface area contributed by atoms with Gasteiger partial charge in [0.15, 0.2) is 0 Å². The molecule has 0 fully saturated rings. The summed E-state index contributed by atoms with van der Waals surface area (Å²) in [5.74, 6) is 0. The Bertz CT molecular complexity index is 667. The van der Waals surface area contributed by atoms with Gasteiger partial charge in [-0.25, -0.2) is 9.50 Å². The van der Waals surface area contributed by atoms with Gasteiger partial charge in [0.1, 0.15) is 5.01 Å². The van der Waals surface area contributed by atoms with Crippen LogP contribution in [0, 0.1) is 0 Å². The summed E-state index contributed by atoms with van der Waals surface area (Å²) in [6.07, 6.45) is 1.89. The molecule has 4 heteroatoms. The van der Waals surface area contributed by atoms with Gasteiger partial charge in [0, 0.05) is 5.56 Å². The first-order valence-electron chi connectivity index (χ1n) is 6.26. The van der Waals surface area contributed by atoms with Gasteiger partial charge in [-0.1, -0.05) is 55.5 Å². The van der Waals surface area contributed by atoms with E-state index in [0.717, 1.165) is 34.2 Å². The van der Waals surface area contributed by atoms with E-state index in [4.69, 9.17) is 4.98 Å². The Morgan fingerprint density at radius 2 is 1.89 bits per heavy atom. The van der Waals surface area contributed by atoms with E-state index in [0.29, 0.717) is 0 Å². The molecule has 0 aliphatic heterocycles. The third-order valence-electron chi connectivity index (χ3n) is 3.00. The van der Waals surface area contributed by atoms with E-state index in [9.17, 15) is 0 Å². The first-order valence-corrected chi connectivity index (χ1v) is 7.07. The van der Waals surface area contributed by atoms with E-state index >= 15 is 0 Å². The number of rotatable bonds is 3. The van der Waals surface area contributed by atoms with Crippen molar-refractivity contribution in [2.24, 2.45) is 0 Å². The van der Waals surface area contributed by atoms with Crippen LogP contribution in [0.25, 0.3) is 16.2 Å². The van der Waals surface area contributed by atoms with Gasteiger partial charge in [0.2, 0.25) is 4.96 Å². The fraction of sp³-hybridized carbons (Fsp3) is 0.286. The summed E-state index contributed by atoms with van der Waals surface area (Å²) in [4.78, 5) is 5.70. The van der Waals surface area contributed by atoms with E-state index in [1.165, 1.54) is 5.56 Å². The zero-order valence-corrected chi connectivity index (χ0v) is 11.4. The Morgan fingerprint density at radius 1 is 1.11 bits per heavy atom. The average molecular weight is 257 g/mol. The van der Waals surface area contributed by atoms with Crippen LogP contribution in [0.2, 0.25) is 0 Å². The van der Waals surface area contributed by atoms with E-state index in [1.807, 2.05) is 10.6 Å². The van der Waals surface area contributed by atoms with E-state index < -0.39 is 0 Å². The van der Waals surface area contributed by atoms with Crippen LogP contribution in [0.1, 0.15) is 24.5 Å². The quantitative estimate of drug-likeness (QED) is 0.718. The van der Waals surface area contributed by atoms with Crippen molar-refractivity contribution in [2.45, 2.75) is 26.7 Å². The standard InChI is InChI=1S/C14H15N3S/c1-3-11-13(10-8-6-5-7-9-10)17-14(15-11)18-12(4-2)16-17/h5-9H,3-4H2,1-2H3. The number of imidazole rings is 1. The molecule has 0 saturated heterocycles. The minimum atomic E-state index is 0.932. The molecule has 0 aliphatic carbocycles. The first-order chi connectivity index (χ1) is 8.83. The zero-order valence-electron chi connectivity index (χ0n) is 10.6. The van der Waals surface area contributed by atoms with Gasteiger partial charge in [0.05, 0.1) is 11.4 Å². The largest absolute Gasteiger partial charge is 0.222 e. The number of hydrogen-bond donors (Lipinski definition) is 0. The van der Waals surface area contributed by atoms with Gasteiger partial charge in [-0.3, -0.25) is 0 Å². The lowest BCUT2D eigenvalue weighted by atomic mass is 10.1. The van der Waals surface area contributed by atoms with Crippen LogP contribution in [0.3, 0.4) is 0 Å². The second-order valence-electron chi connectivity index (χ2n) is 4.17. The van der Waals surface area contributed by atoms with Crippen molar-refractivity contribution in [1.29, 1.82) is 0 Å². The molecule has 3 aromatic rings. The second-order valence-corrected chi connectivity index (χ2v) is 5.21. The van der Waals surface area contributed by atoms with Gasteiger partial charge in [-0.2, -0.15) is 5.10 Å². The van der Waals surface area contributed by atoms with Gasteiger partial charge in [-0.05, 0) is 12.8 Å². The van der Waals surface area contributed by atoms with E-state index in [1.54, 1.807) is 11.3 Å². The van der Waals surface area contributed by atoms with Crippen molar-refractivity contribution in [3.05, 3.63) is 41.0 Å².